The summed E-state index contributed by atoms with van der Waals surface area (Å²) in [5, 5.41) is 15.3. The van der Waals surface area contributed by atoms with Crippen LogP contribution in [0.25, 0.3) is 10.6 Å². The summed E-state index contributed by atoms with van der Waals surface area (Å²) >= 11 is 25.5. The number of rotatable bonds is 6. The first kappa shape index (κ1) is 21.9. The van der Waals surface area contributed by atoms with Crippen molar-refractivity contribution in [3.05, 3.63) is 73.1 Å². The van der Waals surface area contributed by atoms with Gasteiger partial charge in [-0.15, -0.1) is 11.3 Å². The van der Waals surface area contributed by atoms with E-state index in [9.17, 15) is 14.7 Å². The lowest BCUT2D eigenvalue weighted by atomic mass is 10.0. The van der Waals surface area contributed by atoms with Crippen LogP contribution in [0.15, 0.2) is 41.8 Å². The van der Waals surface area contributed by atoms with Gasteiger partial charge in [-0.2, -0.15) is 0 Å². The van der Waals surface area contributed by atoms with Crippen molar-refractivity contribution in [1.29, 1.82) is 0 Å². The SMILES string of the molecule is O=C(O)CC(NC(=O)c1csc(-c2cccc(Cl)c2Cl)n1)c1ccc(Cl)cc1Cl. The van der Waals surface area contributed by atoms with E-state index in [1.165, 1.54) is 17.4 Å². The lowest BCUT2D eigenvalue weighted by molar-refractivity contribution is -0.137. The van der Waals surface area contributed by atoms with Crippen LogP contribution in [0.4, 0.5) is 0 Å². The molecule has 3 aromatic rings. The number of carbonyl (C=O) groups is 2. The van der Waals surface area contributed by atoms with E-state index in [-0.39, 0.29) is 17.1 Å². The molecule has 1 aromatic heterocycles. The van der Waals surface area contributed by atoms with Gasteiger partial charge in [0.25, 0.3) is 5.91 Å². The molecule has 1 atom stereocenters. The molecule has 10 heteroatoms. The number of hydrogen-bond acceptors (Lipinski definition) is 4. The normalized spacial score (nSPS) is 11.9. The average molecular weight is 490 g/mol. The van der Waals surface area contributed by atoms with Gasteiger partial charge in [-0.1, -0.05) is 64.6 Å². The van der Waals surface area contributed by atoms with E-state index in [2.05, 4.69) is 10.3 Å². The molecule has 0 aliphatic rings. The molecule has 5 nitrogen and oxygen atoms in total. The van der Waals surface area contributed by atoms with Crippen molar-refractivity contribution in [3.8, 4) is 10.6 Å². The minimum Gasteiger partial charge on any atom is -0.481 e. The summed E-state index contributed by atoms with van der Waals surface area (Å²) in [4.78, 5) is 28.3. The van der Waals surface area contributed by atoms with E-state index < -0.39 is 17.9 Å². The van der Waals surface area contributed by atoms with Gasteiger partial charge in [0.1, 0.15) is 10.7 Å². The molecule has 150 valence electrons. The number of halogens is 4. The zero-order valence-electron chi connectivity index (χ0n) is 14.5. The maximum Gasteiger partial charge on any atom is 0.305 e. The number of benzene rings is 2. The van der Waals surface area contributed by atoms with E-state index in [0.717, 1.165) is 0 Å². The third kappa shape index (κ3) is 5.21. The molecular formula is C19H12Cl4N2O3S. The smallest absolute Gasteiger partial charge is 0.305 e. The minimum atomic E-state index is -1.09. The van der Waals surface area contributed by atoms with E-state index in [0.29, 0.717) is 31.2 Å². The molecule has 2 N–H and O–H groups in total. The lowest BCUT2D eigenvalue weighted by Crippen LogP contribution is -2.30. The third-order valence-electron chi connectivity index (χ3n) is 3.94. The Kier molecular flexibility index (Phi) is 7.03. The summed E-state index contributed by atoms with van der Waals surface area (Å²) in [6.07, 6.45) is -0.357. The summed E-state index contributed by atoms with van der Waals surface area (Å²) in [6.45, 7) is 0. The van der Waals surface area contributed by atoms with Crippen molar-refractivity contribution in [1.82, 2.24) is 10.3 Å². The summed E-state index contributed by atoms with van der Waals surface area (Å²) < 4.78 is 0. The van der Waals surface area contributed by atoms with Crippen LogP contribution < -0.4 is 5.32 Å². The minimum absolute atomic E-state index is 0.126. The highest BCUT2D eigenvalue weighted by Crippen LogP contribution is 2.35. The van der Waals surface area contributed by atoms with Gasteiger partial charge < -0.3 is 10.4 Å². The highest BCUT2D eigenvalue weighted by atomic mass is 35.5. The molecule has 0 fully saturated rings. The monoisotopic (exact) mass is 488 g/mol. The largest absolute Gasteiger partial charge is 0.481 e. The van der Waals surface area contributed by atoms with Crippen LogP contribution in [0.3, 0.4) is 0 Å². The predicted octanol–water partition coefficient (Wildman–Crippen LogP) is 6.37. The fourth-order valence-corrected chi connectivity index (χ4v) is 4.42. The van der Waals surface area contributed by atoms with Gasteiger partial charge in [-0.25, -0.2) is 4.98 Å². The number of carbonyl (C=O) groups excluding carboxylic acids is 1. The Morgan fingerprint density at radius 1 is 1.10 bits per heavy atom. The fourth-order valence-electron chi connectivity index (χ4n) is 2.60. The maximum atomic E-state index is 12.7. The van der Waals surface area contributed by atoms with Gasteiger partial charge in [-0.3, -0.25) is 9.59 Å². The zero-order chi connectivity index (χ0) is 21.1. The topological polar surface area (TPSA) is 79.3 Å². The Labute approximate surface area is 190 Å². The van der Waals surface area contributed by atoms with Gasteiger partial charge in [0, 0.05) is 21.0 Å². The fraction of sp³-hybridized carbons (Fsp3) is 0.105. The van der Waals surface area contributed by atoms with Crippen LogP contribution in [-0.2, 0) is 4.79 Å². The first-order valence-corrected chi connectivity index (χ1v) is 10.5. The second-order valence-electron chi connectivity index (χ2n) is 5.93. The van der Waals surface area contributed by atoms with Crippen LogP contribution in [0.5, 0.6) is 0 Å². The number of nitrogens with zero attached hydrogens (tertiary/aromatic N) is 1. The highest BCUT2D eigenvalue weighted by molar-refractivity contribution is 7.13. The molecule has 1 amide bonds. The first-order chi connectivity index (χ1) is 13.8. The Bertz CT molecular complexity index is 1090. The molecule has 0 aliphatic heterocycles. The Morgan fingerprint density at radius 3 is 2.55 bits per heavy atom. The second-order valence-corrected chi connectivity index (χ2v) is 8.42. The maximum absolute atomic E-state index is 12.7. The summed E-state index contributed by atoms with van der Waals surface area (Å²) in [6, 6.07) is 8.92. The molecule has 1 heterocycles. The van der Waals surface area contributed by atoms with E-state index in [1.807, 2.05) is 0 Å². The van der Waals surface area contributed by atoms with Crippen LogP contribution in [0.1, 0.15) is 28.5 Å². The van der Waals surface area contributed by atoms with Crippen molar-refractivity contribution < 1.29 is 14.7 Å². The van der Waals surface area contributed by atoms with Gasteiger partial charge >= 0.3 is 5.97 Å². The summed E-state index contributed by atoms with van der Waals surface area (Å²) in [7, 11) is 0. The number of aliphatic carboxylic acids is 1. The van der Waals surface area contributed by atoms with Crippen LogP contribution in [-0.4, -0.2) is 22.0 Å². The molecule has 0 bridgehead atoms. The molecular weight excluding hydrogens is 478 g/mol. The molecule has 0 saturated heterocycles. The lowest BCUT2D eigenvalue weighted by Gasteiger charge is -2.18. The quantitative estimate of drug-likeness (QED) is 0.421. The third-order valence-corrected chi connectivity index (χ3v) is 6.20. The van der Waals surface area contributed by atoms with Gasteiger partial charge in [-0.05, 0) is 23.8 Å². The van der Waals surface area contributed by atoms with Gasteiger partial charge in [0.05, 0.1) is 22.5 Å². The second kappa shape index (κ2) is 9.32. The molecule has 0 aliphatic carbocycles. The highest BCUT2D eigenvalue weighted by Gasteiger charge is 2.23. The van der Waals surface area contributed by atoms with Crippen LogP contribution in [0.2, 0.25) is 20.1 Å². The Balaban J connectivity index is 1.86. The number of thiazole rings is 1. The number of hydrogen-bond donors (Lipinski definition) is 2. The predicted molar refractivity (Wildman–Crippen MR) is 116 cm³/mol. The van der Waals surface area contributed by atoms with Gasteiger partial charge in [0.15, 0.2) is 0 Å². The molecule has 0 saturated carbocycles. The van der Waals surface area contributed by atoms with Crippen molar-refractivity contribution in [2.75, 3.05) is 0 Å². The Morgan fingerprint density at radius 2 is 1.86 bits per heavy atom. The Hall–Kier alpha value is -1.83. The number of amides is 1. The molecule has 0 spiro atoms. The molecule has 0 radical (unpaired) electrons. The first-order valence-electron chi connectivity index (χ1n) is 8.13. The van der Waals surface area contributed by atoms with E-state index in [4.69, 9.17) is 46.4 Å². The van der Waals surface area contributed by atoms with Crippen molar-refractivity contribution >= 4 is 69.6 Å². The number of carboxylic acid groups (broad SMARTS) is 1. The van der Waals surface area contributed by atoms with Crippen molar-refractivity contribution in [2.45, 2.75) is 12.5 Å². The standard InChI is InChI=1S/C19H12Cl4N2O3S/c20-9-4-5-10(13(22)6-9)14(7-16(26)27)24-18(28)15-8-29-19(25-15)11-2-1-3-12(21)17(11)23/h1-6,8,14H,7H2,(H,24,28)(H,26,27). The molecule has 29 heavy (non-hydrogen) atoms. The van der Waals surface area contributed by atoms with E-state index in [1.54, 1.807) is 35.7 Å². The van der Waals surface area contributed by atoms with Crippen LogP contribution in [0, 0.1) is 0 Å². The number of carboxylic acids is 1. The van der Waals surface area contributed by atoms with Gasteiger partial charge in [0.2, 0.25) is 0 Å². The molecule has 3 rings (SSSR count). The number of nitrogens with one attached hydrogen (secondary N) is 1. The van der Waals surface area contributed by atoms with Crippen molar-refractivity contribution in [2.24, 2.45) is 0 Å². The summed E-state index contributed by atoms with van der Waals surface area (Å²) in [5.41, 5.74) is 1.17. The summed E-state index contributed by atoms with van der Waals surface area (Å²) in [5.74, 6) is -1.63. The molecule has 1 unspecified atom stereocenters. The zero-order valence-corrected chi connectivity index (χ0v) is 18.3. The molecule has 2 aromatic carbocycles. The van der Waals surface area contributed by atoms with Crippen molar-refractivity contribution in [3.63, 3.8) is 0 Å². The van der Waals surface area contributed by atoms with Crippen LogP contribution >= 0.6 is 57.7 Å². The van der Waals surface area contributed by atoms with E-state index >= 15 is 0 Å². The number of aromatic nitrogens is 1. The average Bonchev–Trinajstić information content (AvgIpc) is 3.13.